The summed E-state index contributed by atoms with van der Waals surface area (Å²) in [6, 6.07) is 5.69. The van der Waals surface area contributed by atoms with Crippen LogP contribution in [0.25, 0.3) is 5.69 Å². The number of amides is 1. The molecule has 1 aliphatic heterocycles. The number of imidazole rings is 1. The number of hydrogen-bond acceptors (Lipinski definition) is 6. The number of carbonyl (C=O) groups excluding carboxylic acids is 1. The summed E-state index contributed by atoms with van der Waals surface area (Å²) in [6.07, 6.45) is 5.09. The van der Waals surface area contributed by atoms with E-state index in [1.165, 1.54) is 4.31 Å². The molecule has 0 unspecified atom stereocenters. The van der Waals surface area contributed by atoms with Gasteiger partial charge in [0.05, 0.1) is 17.6 Å². The molecule has 1 saturated heterocycles. The molecule has 2 aromatic heterocycles. The zero-order chi connectivity index (χ0) is 21.5. The Morgan fingerprint density at radius 1 is 1.10 bits per heavy atom. The summed E-state index contributed by atoms with van der Waals surface area (Å²) < 4.78 is 34.2. The first-order valence-corrected chi connectivity index (χ1v) is 11.0. The van der Waals surface area contributed by atoms with Gasteiger partial charge in [-0.1, -0.05) is 16.8 Å². The first-order valence-electron chi connectivity index (χ1n) is 9.60. The molecule has 3 aromatic rings. The van der Waals surface area contributed by atoms with Crippen LogP contribution in [0.2, 0.25) is 0 Å². The van der Waals surface area contributed by atoms with Gasteiger partial charge in [-0.15, -0.1) is 0 Å². The van der Waals surface area contributed by atoms with Crippen molar-refractivity contribution in [1.29, 1.82) is 0 Å². The van der Waals surface area contributed by atoms with Gasteiger partial charge >= 0.3 is 0 Å². The van der Waals surface area contributed by atoms with Crippen LogP contribution in [0.1, 0.15) is 27.4 Å². The van der Waals surface area contributed by atoms with E-state index >= 15 is 0 Å². The average molecular weight is 430 g/mol. The molecule has 0 radical (unpaired) electrons. The number of rotatable bonds is 4. The van der Waals surface area contributed by atoms with Crippen LogP contribution in [0, 0.1) is 20.8 Å². The Balaban J connectivity index is 1.54. The van der Waals surface area contributed by atoms with Crippen molar-refractivity contribution in [3.63, 3.8) is 0 Å². The van der Waals surface area contributed by atoms with Crippen molar-refractivity contribution in [2.45, 2.75) is 25.7 Å². The Labute approximate surface area is 175 Å². The summed E-state index contributed by atoms with van der Waals surface area (Å²) >= 11 is 0. The minimum Gasteiger partial charge on any atom is -0.360 e. The van der Waals surface area contributed by atoms with E-state index < -0.39 is 10.0 Å². The van der Waals surface area contributed by atoms with E-state index in [-0.39, 0.29) is 29.7 Å². The molecule has 10 heteroatoms. The third-order valence-corrected chi connectivity index (χ3v) is 7.40. The normalized spacial score (nSPS) is 15.5. The van der Waals surface area contributed by atoms with E-state index in [4.69, 9.17) is 4.52 Å². The molecule has 1 amide bonds. The van der Waals surface area contributed by atoms with Gasteiger partial charge in [0.2, 0.25) is 10.0 Å². The molecule has 0 atom stereocenters. The SMILES string of the molecule is Cc1ccc(-n2ccnc2)c(C(=O)N2CCN(S(=O)(=O)c3c(C)noc3C)CC2)c1. The minimum atomic E-state index is -3.72. The molecule has 1 aromatic carbocycles. The number of aryl methyl sites for hydroxylation is 3. The van der Waals surface area contributed by atoms with E-state index in [9.17, 15) is 13.2 Å². The number of nitrogens with zero attached hydrogens (tertiary/aromatic N) is 5. The van der Waals surface area contributed by atoms with Crippen molar-refractivity contribution in [2.24, 2.45) is 0 Å². The first kappa shape index (κ1) is 20.3. The maximum Gasteiger partial charge on any atom is 0.256 e. The second-order valence-corrected chi connectivity index (χ2v) is 9.21. The molecule has 0 N–H and O–H groups in total. The van der Waals surface area contributed by atoms with Gasteiger partial charge in [-0.25, -0.2) is 13.4 Å². The van der Waals surface area contributed by atoms with Gasteiger partial charge in [0, 0.05) is 38.6 Å². The van der Waals surface area contributed by atoms with Crippen LogP contribution in [0.5, 0.6) is 0 Å². The van der Waals surface area contributed by atoms with E-state index in [0.29, 0.717) is 24.3 Å². The highest BCUT2D eigenvalue weighted by molar-refractivity contribution is 7.89. The van der Waals surface area contributed by atoms with Gasteiger partial charge in [-0.2, -0.15) is 4.31 Å². The van der Waals surface area contributed by atoms with Gasteiger partial charge in [0.25, 0.3) is 5.91 Å². The van der Waals surface area contributed by atoms with Crippen LogP contribution >= 0.6 is 0 Å². The highest BCUT2D eigenvalue weighted by Crippen LogP contribution is 2.25. The average Bonchev–Trinajstić information content (AvgIpc) is 3.37. The zero-order valence-electron chi connectivity index (χ0n) is 17.1. The number of aromatic nitrogens is 3. The lowest BCUT2D eigenvalue weighted by Gasteiger charge is -2.34. The van der Waals surface area contributed by atoms with Crippen LogP contribution < -0.4 is 0 Å². The summed E-state index contributed by atoms with van der Waals surface area (Å²) in [5.74, 6) is 0.146. The largest absolute Gasteiger partial charge is 0.360 e. The fourth-order valence-electron chi connectivity index (χ4n) is 3.72. The number of carbonyl (C=O) groups is 1. The fourth-order valence-corrected chi connectivity index (χ4v) is 5.44. The minimum absolute atomic E-state index is 0.114. The highest BCUT2D eigenvalue weighted by Gasteiger charge is 2.34. The molecular formula is C20H23N5O4S. The van der Waals surface area contributed by atoms with E-state index in [1.54, 1.807) is 42.0 Å². The zero-order valence-corrected chi connectivity index (χ0v) is 17.9. The van der Waals surface area contributed by atoms with Crippen LogP contribution in [0.4, 0.5) is 0 Å². The maximum absolute atomic E-state index is 13.3. The monoisotopic (exact) mass is 429 g/mol. The molecule has 30 heavy (non-hydrogen) atoms. The molecule has 9 nitrogen and oxygen atoms in total. The van der Waals surface area contributed by atoms with Crippen LogP contribution in [0.3, 0.4) is 0 Å². The van der Waals surface area contributed by atoms with Gasteiger partial charge in [-0.3, -0.25) is 4.79 Å². The summed E-state index contributed by atoms with van der Waals surface area (Å²) in [5.41, 5.74) is 2.63. The van der Waals surface area contributed by atoms with Gasteiger partial charge in [-0.05, 0) is 32.9 Å². The third kappa shape index (κ3) is 3.52. The molecule has 0 bridgehead atoms. The molecule has 1 aliphatic rings. The fraction of sp³-hybridized carbons (Fsp3) is 0.350. The van der Waals surface area contributed by atoms with Crippen molar-refractivity contribution in [2.75, 3.05) is 26.2 Å². The van der Waals surface area contributed by atoms with E-state index in [2.05, 4.69) is 10.1 Å². The molecule has 0 saturated carbocycles. The summed E-state index contributed by atoms with van der Waals surface area (Å²) in [4.78, 5) is 19.1. The first-order chi connectivity index (χ1) is 14.3. The van der Waals surface area contributed by atoms with Gasteiger partial charge in [0.1, 0.15) is 10.6 Å². The lowest BCUT2D eigenvalue weighted by Crippen LogP contribution is -2.50. The molecule has 1 fully saturated rings. The second kappa shape index (κ2) is 7.69. The predicted molar refractivity (Wildman–Crippen MR) is 109 cm³/mol. The van der Waals surface area contributed by atoms with Gasteiger partial charge in [0.15, 0.2) is 5.76 Å². The van der Waals surface area contributed by atoms with Crippen molar-refractivity contribution >= 4 is 15.9 Å². The predicted octanol–water partition coefficient (Wildman–Crippen LogP) is 1.93. The summed E-state index contributed by atoms with van der Waals surface area (Å²) in [5, 5.41) is 3.75. The van der Waals surface area contributed by atoms with Crippen LogP contribution in [-0.2, 0) is 10.0 Å². The smallest absolute Gasteiger partial charge is 0.256 e. The van der Waals surface area contributed by atoms with Gasteiger partial charge < -0.3 is 14.0 Å². The molecule has 3 heterocycles. The molecule has 0 spiro atoms. The molecule has 4 rings (SSSR count). The van der Waals surface area contributed by atoms with Crippen molar-refractivity contribution in [1.82, 2.24) is 23.9 Å². The van der Waals surface area contributed by atoms with Crippen molar-refractivity contribution < 1.29 is 17.7 Å². The Bertz CT molecular complexity index is 1160. The molecule has 158 valence electrons. The quantitative estimate of drug-likeness (QED) is 0.628. The maximum atomic E-state index is 13.3. The summed E-state index contributed by atoms with van der Waals surface area (Å²) in [6.45, 7) is 6.16. The Morgan fingerprint density at radius 2 is 1.83 bits per heavy atom. The van der Waals surface area contributed by atoms with Crippen molar-refractivity contribution in [3.05, 3.63) is 59.5 Å². The Morgan fingerprint density at radius 3 is 2.43 bits per heavy atom. The molecule has 0 aliphatic carbocycles. The Kier molecular flexibility index (Phi) is 5.20. The van der Waals surface area contributed by atoms with Crippen molar-refractivity contribution in [3.8, 4) is 5.69 Å². The van der Waals surface area contributed by atoms with Crippen LogP contribution in [-0.4, -0.2) is 64.4 Å². The lowest BCUT2D eigenvalue weighted by molar-refractivity contribution is 0.0697. The topological polar surface area (TPSA) is 102 Å². The van der Waals surface area contributed by atoms with E-state index in [1.807, 2.05) is 25.1 Å². The standard InChI is InChI=1S/C20H23N5O4S/c1-14-4-5-18(24-7-6-21-13-24)17(12-14)20(26)23-8-10-25(11-9-23)30(27,28)19-15(2)22-29-16(19)3/h4-7,12-13H,8-11H2,1-3H3. The molecular weight excluding hydrogens is 406 g/mol. The third-order valence-electron chi connectivity index (χ3n) is 5.26. The summed E-state index contributed by atoms with van der Waals surface area (Å²) in [7, 11) is -3.72. The number of sulfonamides is 1. The number of piperazine rings is 1. The highest BCUT2D eigenvalue weighted by atomic mass is 32.2. The number of benzene rings is 1. The Hall–Kier alpha value is -2.98. The second-order valence-electron chi connectivity index (χ2n) is 7.34. The lowest BCUT2D eigenvalue weighted by atomic mass is 10.1. The number of hydrogen-bond donors (Lipinski definition) is 0. The van der Waals surface area contributed by atoms with Crippen LogP contribution in [0.15, 0.2) is 46.3 Å². The van der Waals surface area contributed by atoms with E-state index in [0.717, 1.165) is 11.3 Å².